The first-order chi connectivity index (χ1) is 7.13. The van der Waals surface area contributed by atoms with Gasteiger partial charge in [-0.1, -0.05) is 11.6 Å². The number of hydrogen-bond donors (Lipinski definition) is 0. The van der Waals surface area contributed by atoms with Gasteiger partial charge < -0.3 is 4.52 Å². The van der Waals surface area contributed by atoms with Crippen molar-refractivity contribution in [1.82, 2.24) is 0 Å². The SMILES string of the molecule is CCOP1(=O)C=Cc2cc(C)ccc2O1. The molecule has 0 fully saturated rings. The van der Waals surface area contributed by atoms with Crippen LogP contribution in [0.15, 0.2) is 24.0 Å². The summed E-state index contributed by atoms with van der Waals surface area (Å²) in [7, 11) is -3.04. The van der Waals surface area contributed by atoms with Gasteiger partial charge in [0, 0.05) is 11.4 Å². The molecule has 0 aromatic heterocycles. The highest BCUT2D eigenvalue weighted by molar-refractivity contribution is 7.57. The zero-order chi connectivity index (χ0) is 10.9. The first-order valence-electron chi connectivity index (χ1n) is 4.87. The molecule has 1 aliphatic rings. The van der Waals surface area contributed by atoms with Crippen LogP contribution in [-0.2, 0) is 9.09 Å². The quantitative estimate of drug-likeness (QED) is 0.720. The van der Waals surface area contributed by atoms with Crippen LogP contribution in [0, 0.1) is 6.92 Å². The molecule has 0 radical (unpaired) electrons. The standard InChI is InChI=1S/C11H13O3P/c1-3-13-15(12)7-6-10-8-9(2)4-5-11(10)14-15/h4-8H,3H2,1-2H3. The minimum atomic E-state index is -3.04. The molecule has 0 amide bonds. The molecule has 0 aliphatic carbocycles. The average molecular weight is 224 g/mol. The Morgan fingerprint density at radius 2 is 2.27 bits per heavy atom. The van der Waals surface area contributed by atoms with Crippen molar-refractivity contribution in [3.05, 3.63) is 35.1 Å². The van der Waals surface area contributed by atoms with Gasteiger partial charge in [-0.3, -0.25) is 4.52 Å². The third kappa shape index (κ3) is 2.14. The van der Waals surface area contributed by atoms with Crippen molar-refractivity contribution in [3.8, 4) is 5.75 Å². The number of aryl methyl sites for hydroxylation is 1. The second-order valence-corrected chi connectivity index (χ2v) is 5.22. The summed E-state index contributed by atoms with van der Waals surface area (Å²) in [6.07, 6.45) is 1.79. The molecule has 0 spiro atoms. The van der Waals surface area contributed by atoms with Gasteiger partial charge in [-0.05, 0) is 32.1 Å². The fourth-order valence-corrected chi connectivity index (χ4v) is 2.81. The monoisotopic (exact) mass is 224 g/mol. The summed E-state index contributed by atoms with van der Waals surface area (Å²) in [5.74, 6) is 2.14. The number of fused-ring (bicyclic) bond motifs is 1. The average Bonchev–Trinajstić information content (AvgIpc) is 2.19. The maximum Gasteiger partial charge on any atom is 0.403 e. The molecule has 1 aromatic carbocycles. The van der Waals surface area contributed by atoms with Gasteiger partial charge in [-0.15, -0.1) is 0 Å². The fourth-order valence-electron chi connectivity index (χ4n) is 1.47. The lowest BCUT2D eigenvalue weighted by molar-refractivity contribution is 0.287. The topological polar surface area (TPSA) is 35.5 Å². The largest absolute Gasteiger partial charge is 0.421 e. The van der Waals surface area contributed by atoms with Crippen LogP contribution in [-0.4, -0.2) is 6.61 Å². The van der Waals surface area contributed by atoms with E-state index in [1.807, 2.05) is 25.1 Å². The molecule has 1 heterocycles. The predicted molar refractivity (Wildman–Crippen MR) is 60.1 cm³/mol. The van der Waals surface area contributed by atoms with Crippen molar-refractivity contribution < 1.29 is 13.6 Å². The molecule has 1 aliphatic heterocycles. The Kier molecular flexibility index (Phi) is 2.68. The fraction of sp³-hybridized carbons (Fsp3) is 0.273. The van der Waals surface area contributed by atoms with E-state index in [0.29, 0.717) is 12.4 Å². The van der Waals surface area contributed by atoms with Crippen molar-refractivity contribution in [2.24, 2.45) is 0 Å². The Balaban J connectivity index is 2.36. The maximum absolute atomic E-state index is 11.9. The third-order valence-corrected chi connectivity index (χ3v) is 3.72. The number of rotatable bonds is 2. The molecule has 0 saturated heterocycles. The summed E-state index contributed by atoms with van der Waals surface area (Å²) in [4.78, 5) is 0. The Morgan fingerprint density at radius 3 is 3.00 bits per heavy atom. The Hall–Kier alpha value is -1.05. The van der Waals surface area contributed by atoms with E-state index in [4.69, 9.17) is 9.05 Å². The molecule has 0 bridgehead atoms. The Labute approximate surface area is 89.3 Å². The normalized spacial score (nSPS) is 23.3. The van der Waals surface area contributed by atoms with E-state index in [2.05, 4.69) is 0 Å². The zero-order valence-corrected chi connectivity index (χ0v) is 9.66. The molecule has 3 nitrogen and oxygen atoms in total. The predicted octanol–water partition coefficient (Wildman–Crippen LogP) is 3.59. The lowest BCUT2D eigenvalue weighted by atomic mass is 10.1. The molecule has 1 unspecified atom stereocenters. The molecule has 80 valence electrons. The summed E-state index contributed by atoms with van der Waals surface area (Å²) in [5, 5.41) is 0. The van der Waals surface area contributed by atoms with Gasteiger partial charge in [0.1, 0.15) is 5.75 Å². The zero-order valence-electron chi connectivity index (χ0n) is 8.77. The minimum Gasteiger partial charge on any atom is -0.421 e. The molecule has 2 rings (SSSR count). The molecular weight excluding hydrogens is 211 g/mol. The minimum absolute atomic E-state index is 0.378. The second kappa shape index (κ2) is 3.84. The maximum atomic E-state index is 11.9. The van der Waals surface area contributed by atoms with E-state index >= 15 is 0 Å². The van der Waals surface area contributed by atoms with Crippen molar-refractivity contribution in [1.29, 1.82) is 0 Å². The summed E-state index contributed by atoms with van der Waals surface area (Å²) in [6, 6.07) is 5.73. The van der Waals surface area contributed by atoms with Crippen LogP contribution in [0.2, 0.25) is 0 Å². The van der Waals surface area contributed by atoms with Crippen molar-refractivity contribution in [2.45, 2.75) is 13.8 Å². The van der Waals surface area contributed by atoms with E-state index in [-0.39, 0.29) is 0 Å². The highest BCUT2D eigenvalue weighted by Gasteiger charge is 2.26. The van der Waals surface area contributed by atoms with E-state index in [9.17, 15) is 4.57 Å². The van der Waals surface area contributed by atoms with Crippen LogP contribution in [0.1, 0.15) is 18.1 Å². The van der Waals surface area contributed by atoms with Crippen LogP contribution >= 0.6 is 7.60 Å². The van der Waals surface area contributed by atoms with E-state index in [1.54, 1.807) is 13.0 Å². The summed E-state index contributed by atoms with van der Waals surface area (Å²) in [5.41, 5.74) is 2.09. The molecule has 0 N–H and O–H groups in total. The smallest absolute Gasteiger partial charge is 0.403 e. The molecule has 1 aromatic rings. The Bertz CT molecular complexity index is 451. The van der Waals surface area contributed by atoms with Crippen molar-refractivity contribution in [3.63, 3.8) is 0 Å². The van der Waals surface area contributed by atoms with E-state index in [0.717, 1.165) is 11.1 Å². The second-order valence-electron chi connectivity index (χ2n) is 3.41. The third-order valence-electron chi connectivity index (χ3n) is 2.14. The van der Waals surface area contributed by atoms with Crippen molar-refractivity contribution >= 4 is 13.7 Å². The van der Waals surface area contributed by atoms with Gasteiger partial charge in [0.15, 0.2) is 0 Å². The molecule has 0 saturated carbocycles. The molecule has 4 heteroatoms. The highest BCUT2D eigenvalue weighted by Crippen LogP contribution is 2.54. The Morgan fingerprint density at radius 1 is 1.47 bits per heavy atom. The molecule has 15 heavy (non-hydrogen) atoms. The first-order valence-corrected chi connectivity index (χ1v) is 6.48. The highest BCUT2D eigenvalue weighted by atomic mass is 31.2. The first kappa shape index (κ1) is 10.5. The van der Waals surface area contributed by atoms with Gasteiger partial charge in [-0.25, -0.2) is 4.57 Å². The van der Waals surface area contributed by atoms with Gasteiger partial charge >= 0.3 is 7.60 Å². The molecular formula is C11H13O3P. The van der Waals surface area contributed by atoms with Crippen LogP contribution in [0.4, 0.5) is 0 Å². The van der Waals surface area contributed by atoms with E-state index in [1.165, 1.54) is 5.82 Å². The summed E-state index contributed by atoms with van der Waals surface area (Å²) >= 11 is 0. The van der Waals surface area contributed by atoms with Gasteiger partial charge in [0.05, 0.1) is 6.61 Å². The number of benzene rings is 1. The summed E-state index contributed by atoms with van der Waals surface area (Å²) < 4.78 is 22.4. The summed E-state index contributed by atoms with van der Waals surface area (Å²) in [6.45, 7) is 4.18. The molecule has 1 atom stereocenters. The van der Waals surface area contributed by atoms with Crippen LogP contribution in [0.3, 0.4) is 0 Å². The van der Waals surface area contributed by atoms with Gasteiger partial charge in [0.25, 0.3) is 0 Å². The van der Waals surface area contributed by atoms with Crippen LogP contribution < -0.4 is 4.52 Å². The van der Waals surface area contributed by atoms with Crippen molar-refractivity contribution in [2.75, 3.05) is 6.61 Å². The lowest BCUT2D eigenvalue weighted by Crippen LogP contribution is -2.00. The van der Waals surface area contributed by atoms with Crippen LogP contribution in [0.5, 0.6) is 5.75 Å². The van der Waals surface area contributed by atoms with Gasteiger partial charge in [-0.2, -0.15) is 0 Å². The van der Waals surface area contributed by atoms with E-state index < -0.39 is 7.60 Å². The lowest BCUT2D eigenvalue weighted by Gasteiger charge is -2.20. The van der Waals surface area contributed by atoms with Crippen LogP contribution in [0.25, 0.3) is 6.08 Å². The number of hydrogen-bond acceptors (Lipinski definition) is 3. The van der Waals surface area contributed by atoms with Gasteiger partial charge in [0.2, 0.25) is 0 Å².